The topological polar surface area (TPSA) is 130 Å². The molecule has 0 aliphatic carbocycles. The number of hydrogen-bond donors (Lipinski definition) is 3. The molecule has 0 aliphatic heterocycles. The van der Waals surface area contributed by atoms with E-state index in [4.69, 9.17) is 5.11 Å². The number of rotatable bonds is 5. The van der Waals surface area contributed by atoms with E-state index in [2.05, 4.69) is 20.0 Å². The molecule has 2 aromatic rings. The number of carboxylic acid groups (broad SMARTS) is 1. The van der Waals surface area contributed by atoms with E-state index in [1.807, 2.05) is 0 Å². The highest BCUT2D eigenvalue weighted by atomic mass is 32.2. The van der Waals surface area contributed by atoms with Gasteiger partial charge in [0.2, 0.25) is 10.0 Å². The number of nitrogens with zero attached hydrogens (tertiary/aromatic N) is 3. The Morgan fingerprint density at radius 2 is 2.25 bits per heavy atom. The van der Waals surface area contributed by atoms with Crippen molar-refractivity contribution in [3.63, 3.8) is 0 Å². The van der Waals surface area contributed by atoms with E-state index in [1.54, 1.807) is 13.2 Å². The summed E-state index contributed by atoms with van der Waals surface area (Å²) in [7, 11) is -2.26. The van der Waals surface area contributed by atoms with Gasteiger partial charge in [0.1, 0.15) is 4.90 Å². The third-order valence-corrected chi connectivity index (χ3v) is 4.15. The Hall–Kier alpha value is -2.20. The molecule has 0 radical (unpaired) electrons. The van der Waals surface area contributed by atoms with Gasteiger partial charge in [-0.3, -0.25) is 9.78 Å². The molecule has 2 heterocycles. The number of sulfonamides is 1. The first-order valence-electron chi connectivity index (χ1n) is 5.56. The number of aromatic carboxylic acids is 1. The molecule has 0 unspecified atom stereocenters. The molecule has 3 N–H and O–H groups in total. The average molecular weight is 299 g/mol. The van der Waals surface area contributed by atoms with Crippen molar-refractivity contribution in [2.75, 3.05) is 0 Å². The summed E-state index contributed by atoms with van der Waals surface area (Å²) in [6.07, 6.45) is 3.17. The molecule has 0 saturated heterocycles. The predicted octanol–water partition coefficient (Wildman–Crippen LogP) is -0.372. The summed E-state index contributed by atoms with van der Waals surface area (Å²) in [4.78, 5) is 10.6. The van der Waals surface area contributed by atoms with Gasteiger partial charge in [-0.2, -0.15) is 10.2 Å². The van der Waals surface area contributed by atoms with Crippen LogP contribution in [0.2, 0.25) is 0 Å². The van der Waals surface area contributed by atoms with Gasteiger partial charge in [0.25, 0.3) is 0 Å². The van der Waals surface area contributed by atoms with Gasteiger partial charge in [-0.1, -0.05) is 0 Å². The van der Waals surface area contributed by atoms with E-state index in [9.17, 15) is 13.2 Å². The van der Waals surface area contributed by atoms with Gasteiger partial charge in [-0.15, -0.1) is 0 Å². The van der Waals surface area contributed by atoms with Gasteiger partial charge < -0.3 is 5.11 Å². The van der Waals surface area contributed by atoms with Crippen molar-refractivity contribution < 1.29 is 18.3 Å². The number of H-pyrrole nitrogens is 1. The second kappa shape index (κ2) is 5.06. The van der Waals surface area contributed by atoms with Crippen LogP contribution in [-0.2, 0) is 23.6 Å². The average Bonchev–Trinajstić information content (AvgIpc) is 2.93. The number of aromatic amines is 1. The van der Waals surface area contributed by atoms with Crippen molar-refractivity contribution in [1.29, 1.82) is 0 Å². The quantitative estimate of drug-likeness (QED) is 0.690. The first-order chi connectivity index (χ1) is 9.31. The van der Waals surface area contributed by atoms with E-state index >= 15 is 0 Å². The smallest absolute Gasteiger partial charge is 0.357 e. The van der Waals surface area contributed by atoms with Gasteiger partial charge >= 0.3 is 5.97 Å². The maximum atomic E-state index is 12.2. The largest absolute Gasteiger partial charge is 0.476 e. The fourth-order valence-electron chi connectivity index (χ4n) is 1.71. The lowest BCUT2D eigenvalue weighted by Gasteiger charge is -2.05. The van der Waals surface area contributed by atoms with Crippen LogP contribution in [0.1, 0.15) is 21.7 Å². The van der Waals surface area contributed by atoms with Gasteiger partial charge in [0.05, 0.1) is 11.9 Å². The van der Waals surface area contributed by atoms with Crippen molar-refractivity contribution in [1.82, 2.24) is 24.7 Å². The van der Waals surface area contributed by atoms with Crippen molar-refractivity contribution in [3.8, 4) is 0 Å². The molecule has 0 aromatic carbocycles. The number of hydrogen-bond acceptors (Lipinski definition) is 5. The Kier molecular flexibility index (Phi) is 3.59. The molecule has 0 amide bonds. The van der Waals surface area contributed by atoms with E-state index in [0.29, 0.717) is 5.56 Å². The van der Waals surface area contributed by atoms with E-state index in [-0.39, 0.29) is 17.1 Å². The van der Waals surface area contributed by atoms with Crippen LogP contribution in [0.4, 0.5) is 0 Å². The van der Waals surface area contributed by atoms with Crippen molar-refractivity contribution in [2.24, 2.45) is 7.05 Å². The molecule has 10 heteroatoms. The zero-order chi connectivity index (χ0) is 14.9. The van der Waals surface area contributed by atoms with Crippen LogP contribution in [0.25, 0.3) is 0 Å². The lowest BCUT2D eigenvalue weighted by atomic mass is 10.4. The summed E-state index contributed by atoms with van der Waals surface area (Å²) >= 11 is 0. The standard InChI is InChI=1S/C10H13N5O4S/c1-6-9(8(10(16)17)14-13-6)20(18,19)12-4-7-3-11-15(2)5-7/h3,5,12H,4H2,1-2H3,(H,13,14)(H,16,17). The fraction of sp³-hybridized carbons (Fsp3) is 0.300. The van der Waals surface area contributed by atoms with Crippen LogP contribution in [0, 0.1) is 6.92 Å². The Balaban J connectivity index is 2.27. The second-order valence-electron chi connectivity index (χ2n) is 4.18. The van der Waals surface area contributed by atoms with Crippen LogP contribution in [0.3, 0.4) is 0 Å². The highest BCUT2D eigenvalue weighted by molar-refractivity contribution is 7.89. The molecular weight excluding hydrogens is 286 g/mol. The minimum Gasteiger partial charge on any atom is -0.476 e. The summed E-state index contributed by atoms with van der Waals surface area (Å²) in [5.41, 5.74) is 0.302. The van der Waals surface area contributed by atoms with Crippen LogP contribution >= 0.6 is 0 Å². The Labute approximate surface area is 114 Å². The van der Waals surface area contributed by atoms with Gasteiger partial charge in [0.15, 0.2) is 5.69 Å². The molecule has 2 aromatic heterocycles. The Morgan fingerprint density at radius 3 is 2.80 bits per heavy atom. The van der Waals surface area contributed by atoms with Crippen molar-refractivity contribution in [2.45, 2.75) is 18.4 Å². The molecule has 0 aliphatic rings. The maximum Gasteiger partial charge on any atom is 0.357 e. The molecule has 0 bridgehead atoms. The number of aromatic nitrogens is 4. The van der Waals surface area contributed by atoms with E-state index < -0.39 is 21.7 Å². The molecule has 0 atom stereocenters. The first-order valence-corrected chi connectivity index (χ1v) is 7.05. The lowest BCUT2D eigenvalue weighted by Crippen LogP contribution is -2.25. The van der Waals surface area contributed by atoms with Crippen molar-refractivity contribution in [3.05, 3.63) is 29.3 Å². The van der Waals surface area contributed by atoms with Gasteiger partial charge in [-0.05, 0) is 6.92 Å². The molecule has 0 fully saturated rings. The third kappa shape index (κ3) is 2.70. The summed E-state index contributed by atoms with van der Waals surface area (Å²) in [6.45, 7) is 1.46. The molecular formula is C10H13N5O4S. The molecule has 20 heavy (non-hydrogen) atoms. The zero-order valence-electron chi connectivity index (χ0n) is 10.8. The third-order valence-electron chi connectivity index (χ3n) is 2.59. The summed E-state index contributed by atoms with van der Waals surface area (Å²) < 4.78 is 28.2. The monoisotopic (exact) mass is 299 g/mol. The Morgan fingerprint density at radius 1 is 1.55 bits per heavy atom. The molecule has 9 nitrogen and oxygen atoms in total. The number of carboxylic acids is 1. The first kappa shape index (κ1) is 14.2. The van der Waals surface area contributed by atoms with E-state index in [1.165, 1.54) is 17.8 Å². The van der Waals surface area contributed by atoms with Crippen molar-refractivity contribution >= 4 is 16.0 Å². The fourth-order valence-corrected chi connectivity index (χ4v) is 3.04. The number of aryl methyl sites for hydroxylation is 2. The van der Waals surface area contributed by atoms with Crippen LogP contribution in [0.15, 0.2) is 17.3 Å². The molecule has 2 rings (SSSR count). The molecule has 0 saturated carbocycles. The summed E-state index contributed by atoms with van der Waals surface area (Å²) in [6, 6.07) is 0. The normalized spacial score (nSPS) is 11.7. The summed E-state index contributed by atoms with van der Waals surface area (Å²) in [5, 5.41) is 18.7. The zero-order valence-corrected chi connectivity index (χ0v) is 11.6. The van der Waals surface area contributed by atoms with Crippen LogP contribution in [-0.4, -0.2) is 39.5 Å². The minimum atomic E-state index is -3.97. The highest BCUT2D eigenvalue weighted by Crippen LogP contribution is 2.17. The summed E-state index contributed by atoms with van der Waals surface area (Å²) in [5.74, 6) is -1.41. The second-order valence-corrected chi connectivity index (χ2v) is 5.88. The van der Waals surface area contributed by atoms with Gasteiger partial charge in [-0.25, -0.2) is 17.9 Å². The number of nitrogens with one attached hydrogen (secondary N) is 2. The SMILES string of the molecule is Cc1[nH]nc(C(=O)O)c1S(=O)(=O)NCc1cnn(C)c1. The number of carbonyl (C=O) groups is 1. The molecule has 108 valence electrons. The predicted molar refractivity (Wildman–Crippen MR) is 67.5 cm³/mol. The van der Waals surface area contributed by atoms with E-state index in [0.717, 1.165) is 0 Å². The lowest BCUT2D eigenvalue weighted by molar-refractivity contribution is 0.0686. The van der Waals surface area contributed by atoms with Gasteiger partial charge in [0, 0.05) is 25.4 Å². The Bertz CT molecular complexity index is 746. The van der Waals surface area contributed by atoms with Crippen LogP contribution < -0.4 is 4.72 Å². The van der Waals surface area contributed by atoms with Crippen LogP contribution in [0.5, 0.6) is 0 Å². The molecule has 0 spiro atoms. The highest BCUT2D eigenvalue weighted by Gasteiger charge is 2.27. The maximum absolute atomic E-state index is 12.2. The minimum absolute atomic E-state index is 0.0137.